The monoisotopic (exact) mass is 620 g/mol. The number of carboxylic acid groups (broad SMARTS) is 1. The third kappa shape index (κ3) is 8.66. The summed E-state index contributed by atoms with van der Waals surface area (Å²) >= 11 is 0. The van der Waals surface area contributed by atoms with E-state index in [1.807, 2.05) is 42.5 Å². The van der Waals surface area contributed by atoms with Crippen LogP contribution in [0.2, 0.25) is 0 Å². The number of carboxylic acids is 1. The summed E-state index contributed by atoms with van der Waals surface area (Å²) in [6.07, 6.45) is 3.65. The van der Waals surface area contributed by atoms with Gasteiger partial charge in [-0.05, 0) is 86.6 Å². The number of nitrogens with one attached hydrogen (secondary N) is 1. The smallest absolute Gasteiger partial charge is 0.332 e. The van der Waals surface area contributed by atoms with Gasteiger partial charge in [0, 0.05) is 37.2 Å². The Morgan fingerprint density at radius 2 is 1.73 bits per heavy atom. The fraction of sp³-hybridized carbons (Fsp3) is 0.528. The molecular weight excluding hydrogens is 572 g/mol. The maximum atomic E-state index is 13.5. The van der Waals surface area contributed by atoms with Gasteiger partial charge in [-0.25, -0.2) is 9.59 Å². The number of esters is 1. The molecule has 1 amide bonds. The van der Waals surface area contributed by atoms with Crippen molar-refractivity contribution >= 4 is 17.8 Å². The first kappa shape index (κ1) is 34.0. The summed E-state index contributed by atoms with van der Waals surface area (Å²) in [5.74, 6) is -0.987. The maximum absolute atomic E-state index is 13.5. The fourth-order valence-corrected chi connectivity index (χ4v) is 6.76. The van der Waals surface area contributed by atoms with Crippen LogP contribution in [0.3, 0.4) is 0 Å². The van der Waals surface area contributed by atoms with Gasteiger partial charge < -0.3 is 24.6 Å². The topological polar surface area (TPSA) is 114 Å². The Labute approximate surface area is 266 Å². The van der Waals surface area contributed by atoms with Crippen LogP contribution in [-0.2, 0) is 32.0 Å². The van der Waals surface area contributed by atoms with Gasteiger partial charge in [0.25, 0.3) is 0 Å². The number of fused-ring (bicyclic) bond motifs is 3. The number of amides is 1. The van der Waals surface area contributed by atoms with Crippen LogP contribution in [0.1, 0.15) is 70.2 Å². The van der Waals surface area contributed by atoms with Crippen molar-refractivity contribution in [1.82, 2.24) is 10.2 Å². The first-order chi connectivity index (χ1) is 21.3. The molecule has 4 rings (SSSR count). The highest BCUT2D eigenvalue weighted by Crippen LogP contribution is 2.47. The van der Waals surface area contributed by atoms with Crippen LogP contribution >= 0.6 is 0 Å². The van der Waals surface area contributed by atoms with Crippen molar-refractivity contribution in [1.29, 1.82) is 0 Å². The Morgan fingerprint density at radius 3 is 2.33 bits per heavy atom. The predicted octanol–water partition coefficient (Wildman–Crippen LogP) is 5.37. The van der Waals surface area contributed by atoms with Gasteiger partial charge in [-0.3, -0.25) is 9.69 Å². The first-order valence-corrected chi connectivity index (χ1v) is 15.8. The number of rotatable bonds is 11. The lowest BCUT2D eigenvalue weighted by Gasteiger charge is -2.48. The molecule has 2 aromatic carbocycles. The van der Waals surface area contributed by atoms with Gasteiger partial charge in [0.15, 0.2) is 11.5 Å². The molecule has 9 heteroatoms. The number of piperidine rings is 1. The minimum atomic E-state index is -1.13. The number of hydrogen-bond acceptors (Lipinski definition) is 7. The summed E-state index contributed by atoms with van der Waals surface area (Å²) in [5, 5.41) is 13.3. The van der Waals surface area contributed by atoms with Crippen molar-refractivity contribution in [3.8, 4) is 11.5 Å². The van der Waals surface area contributed by atoms with Crippen LogP contribution in [0.25, 0.3) is 0 Å². The largest absolute Gasteiger partial charge is 0.493 e. The molecule has 2 heterocycles. The van der Waals surface area contributed by atoms with Crippen molar-refractivity contribution in [2.24, 2.45) is 17.8 Å². The van der Waals surface area contributed by atoms with Crippen LogP contribution in [0, 0.1) is 17.8 Å². The fourth-order valence-electron chi connectivity index (χ4n) is 6.76. The maximum Gasteiger partial charge on any atom is 0.332 e. The van der Waals surface area contributed by atoms with E-state index in [0.717, 1.165) is 42.6 Å². The lowest BCUT2D eigenvalue weighted by atomic mass is 9.71. The quantitative estimate of drug-likeness (QED) is 0.255. The molecule has 0 saturated carbocycles. The van der Waals surface area contributed by atoms with Crippen LogP contribution in [-0.4, -0.2) is 66.8 Å². The Kier molecular flexibility index (Phi) is 11.0. The second-order valence-electron chi connectivity index (χ2n) is 13.6. The molecular formula is C36H48N2O7. The van der Waals surface area contributed by atoms with Crippen LogP contribution in [0.15, 0.2) is 54.1 Å². The third-order valence-electron chi connectivity index (χ3n) is 8.63. The zero-order valence-electron chi connectivity index (χ0n) is 27.6. The van der Waals surface area contributed by atoms with E-state index in [-0.39, 0.29) is 29.9 Å². The summed E-state index contributed by atoms with van der Waals surface area (Å²) in [6.45, 7) is 11.2. The molecule has 1 saturated heterocycles. The molecule has 0 aliphatic carbocycles. The lowest BCUT2D eigenvalue weighted by Crippen LogP contribution is -2.48. The zero-order valence-corrected chi connectivity index (χ0v) is 27.6. The van der Waals surface area contributed by atoms with Gasteiger partial charge >= 0.3 is 11.9 Å². The van der Waals surface area contributed by atoms with E-state index in [1.165, 1.54) is 6.08 Å². The summed E-state index contributed by atoms with van der Waals surface area (Å²) in [6, 6.07) is 12.4. The predicted molar refractivity (Wildman–Crippen MR) is 172 cm³/mol. The van der Waals surface area contributed by atoms with Gasteiger partial charge in [-0.1, -0.05) is 44.2 Å². The summed E-state index contributed by atoms with van der Waals surface area (Å²) in [7, 11) is 3.23. The van der Waals surface area contributed by atoms with E-state index < -0.39 is 29.5 Å². The average Bonchev–Trinajstić information content (AvgIpc) is 2.97. The van der Waals surface area contributed by atoms with Crippen LogP contribution < -0.4 is 14.8 Å². The lowest BCUT2D eigenvalue weighted by molar-refractivity contribution is -0.158. The number of nitrogens with zero attached hydrogens (tertiary/aromatic N) is 1. The van der Waals surface area contributed by atoms with Gasteiger partial charge in [0.05, 0.1) is 14.2 Å². The minimum absolute atomic E-state index is 0.0274. The third-order valence-corrected chi connectivity index (χ3v) is 8.63. The molecule has 2 aliphatic rings. The normalized spacial score (nSPS) is 20.9. The number of benzene rings is 2. The average molecular weight is 621 g/mol. The second kappa shape index (κ2) is 14.5. The molecule has 2 N–H and O–H groups in total. The van der Waals surface area contributed by atoms with E-state index in [0.29, 0.717) is 23.8 Å². The highest BCUT2D eigenvalue weighted by Gasteiger charge is 2.42. The number of carbonyl (C=O) groups is 3. The van der Waals surface area contributed by atoms with E-state index in [4.69, 9.17) is 14.2 Å². The van der Waals surface area contributed by atoms with Crippen LogP contribution in [0.5, 0.6) is 11.5 Å². The molecule has 244 valence electrons. The molecule has 9 nitrogen and oxygen atoms in total. The molecule has 1 fully saturated rings. The SMILES string of the molecule is COc1cc2c(cc1OC)[C@H]1C[C@@H](/C(=C/C(=O)N[C@@H](Cc3ccccc3)C(=O)OC(C)(C)C)C(=O)O)[C@@H](CC(C)C)CN1CC2. The molecule has 0 bridgehead atoms. The van der Waals surface area contributed by atoms with E-state index >= 15 is 0 Å². The van der Waals surface area contributed by atoms with Crippen molar-refractivity contribution in [2.75, 3.05) is 27.3 Å². The molecule has 4 atom stereocenters. The molecule has 0 aromatic heterocycles. The minimum Gasteiger partial charge on any atom is -0.493 e. The van der Waals surface area contributed by atoms with E-state index in [2.05, 4.69) is 24.1 Å². The molecule has 0 spiro atoms. The van der Waals surface area contributed by atoms with Crippen molar-refractivity contribution in [3.63, 3.8) is 0 Å². The number of aliphatic carboxylic acids is 1. The van der Waals surface area contributed by atoms with Crippen LogP contribution in [0.4, 0.5) is 0 Å². The first-order valence-electron chi connectivity index (χ1n) is 15.8. The van der Waals surface area contributed by atoms with Crippen molar-refractivity contribution in [3.05, 3.63) is 70.8 Å². The Bertz CT molecular complexity index is 1400. The molecule has 0 radical (unpaired) electrons. The van der Waals surface area contributed by atoms with Gasteiger partial charge in [0.1, 0.15) is 11.6 Å². The standard InChI is InChI=1S/C36H48N2O7/c1-22(2)15-25-21-38-14-13-24-17-31(43-6)32(44-7)19-27(24)30(38)18-26(25)28(34(40)41)20-33(39)37-29(35(42)45-36(3,4)5)16-23-11-9-8-10-12-23/h8-12,17,19-20,22,25-26,29-30H,13-16,18,21H2,1-7H3,(H,37,39)(H,40,41)/b28-20-/t25-,26+,29-,30+/m0/s1. The Balaban J connectivity index is 1.66. The number of methoxy groups -OCH3 is 2. The Hall–Kier alpha value is -3.85. The zero-order chi connectivity index (χ0) is 32.9. The highest BCUT2D eigenvalue weighted by molar-refractivity contribution is 5.99. The van der Waals surface area contributed by atoms with Crippen molar-refractivity contribution in [2.45, 2.75) is 78.0 Å². The van der Waals surface area contributed by atoms with Gasteiger partial charge in [0.2, 0.25) is 5.91 Å². The Morgan fingerprint density at radius 1 is 1.07 bits per heavy atom. The van der Waals surface area contributed by atoms with Gasteiger partial charge in [-0.2, -0.15) is 0 Å². The van der Waals surface area contributed by atoms with E-state index in [1.54, 1.807) is 35.0 Å². The molecule has 0 unspecified atom stereocenters. The summed E-state index contributed by atoms with van der Waals surface area (Å²) in [4.78, 5) is 42.0. The van der Waals surface area contributed by atoms with E-state index in [9.17, 15) is 19.5 Å². The molecule has 45 heavy (non-hydrogen) atoms. The molecule has 2 aliphatic heterocycles. The number of carbonyl (C=O) groups excluding carboxylic acids is 2. The highest BCUT2D eigenvalue weighted by atomic mass is 16.6. The summed E-state index contributed by atoms with van der Waals surface area (Å²) < 4.78 is 16.8. The second-order valence-corrected chi connectivity index (χ2v) is 13.6. The number of hydrogen-bond donors (Lipinski definition) is 2. The van der Waals surface area contributed by atoms with Gasteiger partial charge in [-0.15, -0.1) is 0 Å². The molecule has 2 aromatic rings. The number of ether oxygens (including phenoxy) is 3. The summed E-state index contributed by atoms with van der Waals surface area (Å²) in [5.41, 5.74) is 2.43. The van der Waals surface area contributed by atoms with Crippen molar-refractivity contribution < 1.29 is 33.7 Å².